The van der Waals surface area contributed by atoms with Crippen molar-refractivity contribution in [2.75, 3.05) is 0 Å². The molecule has 0 aromatic carbocycles. The molecule has 0 unspecified atom stereocenters. The number of carbonyl (C=O) groups is 2. The van der Waals surface area contributed by atoms with Gasteiger partial charge in [0.05, 0.1) is 0 Å². The minimum absolute atomic E-state index is 0.230. The van der Waals surface area contributed by atoms with Crippen LogP contribution in [0.2, 0.25) is 9.88 Å². The summed E-state index contributed by atoms with van der Waals surface area (Å²) in [5, 5.41) is 17.0. The molecule has 0 aromatic rings. The Morgan fingerprint density at radius 1 is 0.349 bits per heavy atom. The van der Waals surface area contributed by atoms with Gasteiger partial charge in [-0.1, -0.05) is 194 Å². The van der Waals surface area contributed by atoms with Crippen LogP contribution in [0.5, 0.6) is 0 Å². The molecule has 0 heterocycles. The summed E-state index contributed by atoms with van der Waals surface area (Å²) in [6, 6.07) is 0. The van der Waals surface area contributed by atoms with Gasteiger partial charge >= 0.3 is 43.0 Å². The van der Waals surface area contributed by atoms with Crippen molar-refractivity contribution in [2.24, 2.45) is 0 Å². The molecule has 4 nitrogen and oxygen atoms in total. The van der Waals surface area contributed by atoms with E-state index < -0.39 is 11.9 Å². The molecule has 0 atom stereocenters. The summed E-state index contributed by atoms with van der Waals surface area (Å²) in [6.45, 7) is 4.54. The summed E-state index contributed by atoms with van der Waals surface area (Å²) in [5.41, 5.74) is 0. The molecule has 0 spiro atoms. The minimum atomic E-state index is -0.653. The second-order valence-corrected chi connectivity index (χ2v) is 15.5. The van der Waals surface area contributed by atoms with Gasteiger partial charge in [0, 0.05) is 12.8 Å². The van der Waals surface area contributed by atoms with Crippen molar-refractivity contribution in [1.82, 2.24) is 0 Å². The first kappa shape index (κ1) is 47.1. The number of carboxylic acid groups (broad SMARTS) is 2. The molecule has 0 bridgehead atoms. The normalized spacial score (nSPS) is 10.5. The molecule has 43 heavy (non-hydrogen) atoms. The van der Waals surface area contributed by atoms with Crippen molar-refractivity contribution in [1.29, 1.82) is 0 Å². The Hall–Kier alpha value is -0.261. The van der Waals surface area contributed by atoms with E-state index in [9.17, 15) is 9.59 Å². The summed E-state index contributed by atoms with van der Waals surface area (Å²) < 4.78 is 0. The van der Waals surface area contributed by atoms with Crippen LogP contribution in [0.25, 0.3) is 0 Å². The molecule has 0 fully saturated rings. The number of carboxylic acids is 2. The molecule has 0 amide bonds. The van der Waals surface area contributed by atoms with Crippen molar-refractivity contribution < 1.29 is 19.8 Å². The maximum absolute atomic E-state index is 10.3. The Kier molecular flexibility index (Phi) is 50.6. The summed E-state index contributed by atoms with van der Waals surface area (Å²) in [6.07, 6.45) is 40.4. The van der Waals surface area contributed by atoms with E-state index in [0.717, 1.165) is 25.7 Å². The van der Waals surface area contributed by atoms with Crippen LogP contribution in [0.15, 0.2) is 0 Å². The summed E-state index contributed by atoms with van der Waals surface area (Å²) in [7, 11) is 0. The van der Waals surface area contributed by atoms with Crippen LogP contribution in [0.3, 0.4) is 0 Å². The van der Waals surface area contributed by atoms with Crippen LogP contribution in [0.1, 0.15) is 219 Å². The predicted molar refractivity (Wildman–Crippen MR) is 192 cm³/mol. The Morgan fingerprint density at radius 2 is 0.488 bits per heavy atom. The van der Waals surface area contributed by atoms with E-state index in [4.69, 9.17) is 10.2 Å². The first-order valence-corrected chi connectivity index (χ1v) is 24.7. The van der Waals surface area contributed by atoms with Crippen LogP contribution in [-0.2, 0) is 9.59 Å². The number of hydrogen-bond acceptors (Lipinski definition) is 2. The fraction of sp³-hybridized carbons (Fsp3) is 0.947. The number of rotatable bonds is 32. The molecule has 2 radical (unpaired) electrons. The second kappa shape index (κ2) is 46.2. The van der Waals surface area contributed by atoms with Crippen LogP contribution in [0, 0.1) is 0 Å². The molecule has 0 aliphatic rings. The molecule has 258 valence electrons. The molecule has 5 heteroatoms. The quantitative estimate of drug-likeness (QED) is 0.0537. The van der Waals surface area contributed by atoms with E-state index in [2.05, 4.69) is 23.7 Å². The molecule has 0 aliphatic carbocycles. The first-order valence-electron chi connectivity index (χ1n) is 19.0. The van der Waals surface area contributed by atoms with Gasteiger partial charge < -0.3 is 10.2 Å². The van der Waals surface area contributed by atoms with E-state index in [-0.39, 0.29) is 21.1 Å². The maximum atomic E-state index is 10.3. The van der Waals surface area contributed by atoms with Gasteiger partial charge in [-0.3, -0.25) is 9.59 Å². The van der Waals surface area contributed by atoms with Crippen molar-refractivity contribution in [2.45, 2.75) is 229 Å². The molecule has 0 saturated carbocycles. The van der Waals surface area contributed by atoms with E-state index in [1.807, 2.05) is 0 Å². The average Bonchev–Trinajstić information content (AvgIpc) is 2.97. The van der Waals surface area contributed by atoms with E-state index in [1.54, 1.807) is 0 Å². The molecular formula is C38H78O4Sn. The molecular weight excluding hydrogens is 639 g/mol. The second-order valence-electron chi connectivity index (χ2n) is 12.7. The van der Waals surface area contributed by atoms with Gasteiger partial charge in [0.2, 0.25) is 0 Å². The van der Waals surface area contributed by atoms with Crippen LogP contribution >= 0.6 is 0 Å². The monoisotopic (exact) mass is 718 g/mol. The average molecular weight is 718 g/mol. The van der Waals surface area contributed by atoms with Gasteiger partial charge in [-0.25, -0.2) is 0 Å². The fourth-order valence-electron chi connectivity index (χ4n) is 5.30. The van der Waals surface area contributed by atoms with Crippen molar-refractivity contribution in [3.63, 3.8) is 0 Å². The summed E-state index contributed by atoms with van der Waals surface area (Å²) >= 11 is 0.230. The van der Waals surface area contributed by atoms with Crippen LogP contribution in [0.4, 0.5) is 0 Å². The van der Waals surface area contributed by atoms with E-state index in [0.29, 0.717) is 12.8 Å². The molecule has 0 rings (SSSR count). The number of unbranched alkanes of at least 4 members (excludes halogenated alkanes) is 28. The molecule has 2 N–H and O–H groups in total. The van der Waals surface area contributed by atoms with Crippen LogP contribution in [-0.4, -0.2) is 43.3 Å². The summed E-state index contributed by atoms with van der Waals surface area (Å²) in [5.74, 6) is -1.31. The van der Waals surface area contributed by atoms with Crippen LogP contribution < -0.4 is 0 Å². The number of aliphatic carboxylic acids is 2. The van der Waals surface area contributed by atoms with Gasteiger partial charge in [-0.05, 0) is 12.8 Å². The van der Waals surface area contributed by atoms with Gasteiger partial charge in [-0.2, -0.15) is 0 Å². The van der Waals surface area contributed by atoms with Gasteiger partial charge in [0.1, 0.15) is 0 Å². The number of hydrogen-bond donors (Lipinski definition) is 2. The van der Waals surface area contributed by atoms with Crippen molar-refractivity contribution in [3.05, 3.63) is 0 Å². The van der Waals surface area contributed by atoms with E-state index in [1.165, 1.54) is 167 Å². The van der Waals surface area contributed by atoms with Gasteiger partial charge in [0.25, 0.3) is 0 Å². The Morgan fingerprint density at radius 3 is 0.628 bits per heavy atom. The standard InChI is InChI=1S/2C18H36O2.2CH3.Sn/c2*1-2-3-4-5-6-7-8-9-10-11-12-13-14-15-16-17-18(19)20;;;/h2*2-17H2,1H3,(H,19,20);2*1H3;. The Balaban J connectivity index is -0.000000681. The topological polar surface area (TPSA) is 74.6 Å². The zero-order valence-corrected chi connectivity index (χ0v) is 32.7. The van der Waals surface area contributed by atoms with Gasteiger partial charge in [-0.15, -0.1) is 0 Å². The third kappa shape index (κ3) is 57.9. The first-order chi connectivity index (χ1) is 21.0. The third-order valence-corrected chi connectivity index (χ3v) is 7.99. The third-order valence-electron chi connectivity index (χ3n) is 7.99. The van der Waals surface area contributed by atoms with Gasteiger partial charge in [0.15, 0.2) is 0 Å². The Labute approximate surface area is 281 Å². The molecule has 0 aromatic heterocycles. The predicted octanol–water partition coefficient (Wildman–Crippen LogP) is 13.5. The Bertz CT molecular complexity index is 468. The van der Waals surface area contributed by atoms with Crippen molar-refractivity contribution >= 4 is 33.1 Å². The van der Waals surface area contributed by atoms with Crippen molar-refractivity contribution in [3.8, 4) is 0 Å². The SMILES string of the molecule is CCCCCCCCCCCCCCCCCC(=O)O.CCCCCCCCCCCCCCCCCC(=O)O.[CH3][Sn][CH3]. The summed E-state index contributed by atoms with van der Waals surface area (Å²) in [4.78, 5) is 25.3. The van der Waals surface area contributed by atoms with E-state index >= 15 is 0 Å². The molecule has 0 saturated heterocycles. The molecule has 0 aliphatic heterocycles. The zero-order valence-electron chi connectivity index (χ0n) is 29.8. The fourth-order valence-corrected chi connectivity index (χ4v) is 5.30. The zero-order chi connectivity index (χ0) is 32.5.